The van der Waals surface area contributed by atoms with Crippen molar-refractivity contribution >= 4 is 28.8 Å². The predicted octanol–water partition coefficient (Wildman–Crippen LogP) is 5.62. The molecule has 0 bridgehead atoms. The van der Waals surface area contributed by atoms with Gasteiger partial charge >= 0.3 is 0 Å². The van der Waals surface area contributed by atoms with Crippen LogP contribution in [0.1, 0.15) is 15.9 Å². The fourth-order valence-corrected chi connectivity index (χ4v) is 3.99. The van der Waals surface area contributed by atoms with Gasteiger partial charge in [0.05, 0.1) is 22.9 Å². The maximum absolute atomic E-state index is 12.8. The molecule has 0 radical (unpaired) electrons. The molecule has 7 heteroatoms. The summed E-state index contributed by atoms with van der Waals surface area (Å²) in [5, 5.41) is 7.64. The summed E-state index contributed by atoms with van der Waals surface area (Å²) in [6.45, 7) is 2.04. The SMILES string of the molecule is Cc1ccc(C(=O)Nc2ccnn2C)cc1-c1ccn2c(-c3ccccc3Cl)ncc2c1. The first-order valence-corrected chi connectivity index (χ1v) is 10.5. The first kappa shape index (κ1) is 20.0. The Morgan fingerprint density at radius 3 is 2.66 bits per heavy atom. The molecule has 3 heterocycles. The Labute approximate surface area is 190 Å². The summed E-state index contributed by atoms with van der Waals surface area (Å²) < 4.78 is 3.64. The lowest BCUT2D eigenvalue weighted by atomic mass is 9.98. The number of rotatable bonds is 4. The number of hydrogen-bond acceptors (Lipinski definition) is 3. The molecule has 1 N–H and O–H groups in total. The number of benzene rings is 2. The first-order valence-electron chi connectivity index (χ1n) is 10.1. The van der Waals surface area contributed by atoms with Crippen molar-refractivity contribution in [1.29, 1.82) is 0 Å². The Morgan fingerprint density at radius 1 is 1.03 bits per heavy atom. The molecular weight excluding hydrogens is 422 g/mol. The molecule has 5 aromatic rings. The highest BCUT2D eigenvalue weighted by Gasteiger charge is 2.14. The van der Waals surface area contributed by atoms with Gasteiger partial charge in [-0.05, 0) is 60.0 Å². The quantitative estimate of drug-likeness (QED) is 0.394. The van der Waals surface area contributed by atoms with Crippen LogP contribution in [0.2, 0.25) is 5.02 Å². The van der Waals surface area contributed by atoms with E-state index >= 15 is 0 Å². The number of fused-ring (bicyclic) bond motifs is 1. The molecule has 158 valence electrons. The smallest absolute Gasteiger partial charge is 0.256 e. The van der Waals surface area contributed by atoms with Crippen molar-refractivity contribution in [2.45, 2.75) is 6.92 Å². The highest BCUT2D eigenvalue weighted by Crippen LogP contribution is 2.30. The molecule has 2 aromatic carbocycles. The van der Waals surface area contributed by atoms with Gasteiger partial charge in [0.25, 0.3) is 5.91 Å². The lowest BCUT2D eigenvalue weighted by Gasteiger charge is -2.11. The standard InChI is InChI=1S/C25H20ClN5O/c1-16-7-8-18(25(32)29-23-9-11-28-30(23)2)14-21(16)17-10-12-31-19(13-17)15-27-24(31)20-5-3-4-6-22(20)26/h3-15H,1-2H3,(H,29,32). The molecule has 1 amide bonds. The highest BCUT2D eigenvalue weighted by molar-refractivity contribution is 6.33. The minimum atomic E-state index is -0.179. The number of anilines is 1. The highest BCUT2D eigenvalue weighted by atomic mass is 35.5. The van der Waals surface area contributed by atoms with E-state index in [4.69, 9.17) is 11.6 Å². The minimum Gasteiger partial charge on any atom is -0.307 e. The number of nitrogens with one attached hydrogen (secondary N) is 1. The number of nitrogens with zero attached hydrogens (tertiary/aromatic N) is 4. The van der Waals surface area contributed by atoms with Crippen LogP contribution in [0.4, 0.5) is 5.82 Å². The first-order chi connectivity index (χ1) is 15.5. The average Bonchev–Trinajstić information content (AvgIpc) is 3.40. The van der Waals surface area contributed by atoms with Crippen LogP contribution in [0.3, 0.4) is 0 Å². The van der Waals surface area contributed by atoms with Crippen molar-refractivity contribution in [2.24, 2.45) is 7.05 Å². The van der Waals surface area contributed by atoms with Crippen molar-refractivity contribution in [3.8, 4) is 22.5 Å². The zero-order valence-corrected chi connectivity index (χ0v) is 18.3. The second-order valence-corrected chi connectivity index (χ2v) is 8.00. The van der Waals surface area contributed by atoms with E-state index in [1.165, 1.54) is 0 Å². The van der Waals surface area contributed by atoms with Crippen LogP contribution in [-0.2, 0) is 7.05 Å². The van der Waals surface area contributed by atoms with Gasteiger partial charge in [-0.2, -0.15) is 5.10 Å². The van der Waals surface area contributed by atoms with Gasteiger partial charge < -0.3 is 5.32 Å². The van der Waals surface area contributed by atoms with Crippen LogP contribution in [0.25, 0.3) is 28.0 Å². The zero-order valence-electron chi connectivity index (χ0n) is 17.6. The van der Waals surface area contributed by atoms with Crippen molar-refractivity contribution < 1.29 is 4.79 Å². The van der Waals surface area contributed by atoms with E-state index in [9.17, 15) is 4.79 Å². The second-order valence-electron chi connectivity index (χ2n) is 7.60. The largest absolute Gasteiger partial charge is 0.307 e. The summed E-state index contributed by atoms with van der Waals surface area (Å²) in [5.74, 6) is 1.25. The van der Waals surface area contributed by atoms with E-state index in [2.05, 4.69) is 21.5 Å². The average molecular weight is 442 g/mol. The number of amides is 1. The van der Waals surface area contributed by atoms with Crippen LogP contribution in [0, 0.1) is 6.92 Å². The molecular formula is C25H20ClN5O. The zero-order chi connectivity index (χ0) is 22.2. The number of aromatic nitrogens is 4. The molecule has 0 atom stereocenters. The van der Waals surface area contributed by atoms with Gasteiger partial charge in [0, 0.05) is 30.4 Å². The molecule has 0 saturated carbocycles. The molecule has 0 unspecified atom stereocenters. The van der Waals surface area contributed by atoms with Crippen LogP contribution in [-0.4, -0.2) is 25.1 Å². The van der Waals surface area contributed by atoms with Crippen molar-refractivity contribution in [1.82, 2.24) is 19.2 Å². The Bertz CT molecular complexity index is 1470. The predicted molar refractivity (Wildman–Crippen MR) is 127 cm³/mol. The third kappa shape index (κ3) is 3.55. The molecule has 0 aliphatic carbocycles. The van der Waals surface area contributed by atoms with E-state index < -0.39 is 0 Å². The van der Waals surface area contributed by atoms with Crippen LogP contribution < -0.4 is 5.32 Å². The fourth-order valence-electron chi connectivity index (χ4n) is 3.77. The molecule has 0 spiro atoms. The summed E-state index contributed by atoms with van der Waals surface area (Å²) in [5.41, 5.74) is 5.49. The van der Waals surface area contributed by atoms with E-state index in [0.717, 1.165) is 33.6 Å². The van der Waals surface area contributed by atoms with E-state index in [1.54, 1.807) is 24.0 Å². The summed E-state index contributed by atoms with van der Waals surface area (Å²) in [6.07, 6.45) is 5.46. The maximum atomic E-state index is 12.8. The second kappa shape index (κ2) is 7.98. The van der Waals surface area contributed by atoms with Crippen molar-refractivity contribution in [2.75, 3.05) is 5.32 Å². The summed E-state index contributed by atoms with van der Waals surface area (Å²) in [6, 6.07) is 19.2. The summed E-state index contributed by atoms with van der Waals surface area (Å²) in [4.78, 5) is 17.4. The van der Waals surface area contributed by atoms with E-state index in [1.807, 2.05) is 72.2 Å². The van der Waals surface area contributed by atoms with Gasteiger partial charge in [-0.25, -0.2) is 4.98 Å². The van der Waals surface area contributed by atoms with Gasteiger partial charge in [0.15, 0.2) is 0 Å². The molecule has 5 rings (SSSR count). The molecule has 3 aromatic heterocycles. The lowest BCUT2D eigenvalue weighted by molar-refractivity contribution is 0.102. The minimum absolute atomic E-state index is 0.179. The monoisotopic (exact) mass is 441 g/mol. The molecule has 6 nitrogen and oxygen atoms in total. The molecule has 0 saturated heterocycles. The third-order valence-corrected chi connectivity index (χ3v) is 5.85. The van der Waals surface area contributed by atoms with Gasteiger partial charge in [-0.15, -0.1) is 0 Å². The number of carbonyl (C=O) groups excluding carboxylic acids is 1. The normalized spacial score (nSPS) is 11.1. The van der Waals surface area contributed by atoms with Crippen molar-refractivity contribution in [3.63, 3.8) is 0 Å². The maximum Gasteiger partial charge on any atom is 0.256 e. The van der Waals surface area contributed by atoms with Gasteiger partial charge in [0.2, 0.25) is 0 Å². The molecule has 32 heavy (non-hydrogen) atoms. The number of pyridine rings is 1. The number of halogens is 1. The van der Waals surface area contributed by atoms with E-state index in [-0.39, 0.29) is 5.91 Å². The number of hydrogen-bond donors (Lipinski definition) is 1. The lowest BCUT2D eigenvalue weighted by Crippen LogP contribution is -2.14. The Morgan fingerprint density at radius 2 is 1.88 bits per heavy atom. The summed E-state index contributed by atoms with van der Waals surface area (Å²) >= 11 is 6.37. The number of carbonyl (C=O) groups is 1. The van der Waals surface area contributed by atoms with Gasteiger partial charge in [-0.1, -0.05) is 29.8 Å². The fraction of sp³-hybridized carbons (Fsp3) is 0.0800. The Balaban J connectivity index is 1.51. The van der Waals surface area contributed by atoms with Gasteiger partial charge in [0.1, 0.15) is 11.6 Å². The topological polar surface area (TPSA) is 64.2 Å². The van der Waals surface area contributed by atoms with E-state index in [0.29, 0.717) is 16.4 Å². The summed E-state index contributed by atoms with van der Waals surface area (Å²) in [7, 11) is 1.79. The molecule has 0 aliphatic heterocycles. The Hall–Kier alpha value is -3.90. The van der Waals surface area contributed by atoms with Crippen LogP contribution in [0.15, 0.2) is 79.3 Å². The van der Waals surface area contributed by atoms with Crippen molar-refractivity contribution in [3.05, 3.63) is 95.4 Å². The van der Waals surface area contributed by atoms with Crippen LogP contribution in [0.5, 0.6) is 0 Å². The molecule has 0 aliphatic rings. The number of aryl methyl sites for hydroxylation is 2. The van der Waals surface area contributed by atoms with Gasteiger partial charge in [-0.3, -0.25) is 13.9 Å². The number of imidazole rings is 1. The Kier molecular flexibility index (Phi) is 4.99. The van der Waals surface area contributed by atoms with Crippen LogP contribution >= 0.6 is 11.6 Å². The third-order valence-electron chi connectivity index (χ3n) is 5.52. The molecule has 0 fully saturated rings.